The van der Waals surface area contributed by atoms with Crippen LogP contribution in [0, 0.1) is 11.8 Å². The van der Waals surface area contributed by atoms with Gasteiger partial charge >= 0.3 is 0 Å². The van der Waals surface area contributed by atoms with E-state index < -0.39 is 10.0 Å². The predicted octanol–water partition coefficient (Wildman–Crippen LogP) is 4.22. The molecule has 6 heteroatoms. The van der Waals surface area contributed by atoms with Crippen molar-refractivity contribution >= 4 is 15.7 Å². The van der Waals surface area contributed by atoms with Crippen LogP contribution >= 0.6 is 0 Å². The van der Waals surface area contributed by atoms with E-state index in [2.05, 4.69) is 10.0 Å². The molecule has 150 valence electrons. The second kappa shape index (κ2) is 8.10. The monoisotopic (exact) mass is 392 g/mol. The van der Waals surface area contributed by atoms with Gasteiger partial charge in [-0.15, -0.1) is 0 Å². The third-order valence-electron chi connectivity index (χ3n) is 6.49. The highest BCUT2D eigenvalue weighted by Gasteiger charge is 2.42. The maximum absolute atomic E-state index is 12.6. The fourth-order valence-corrected chi connectivity index (χ4v) is 6.30. The molecule has 0 amide bonds. The lowest BCUT2D eigenvalue weighted by atomic mass is 9.71. The summed E-state index contributed by atoms with van der Waals surface area (Å²) in [5, 5.41) is 3.79. The summed E-state index contributed by atoms with van der Waals surface area (Å²) >= 11 is 0. The predicted molar refractivity (Wildman–Crippen MR) is 107 cm³/mol. The summed E-state index contributed by atoms with van der Waals surface area (Å²) < 4.78 is 34.1. The SMILES string of the molecule is CCCNS(=O)(=O)c1ccc2c(c1)[C@H]1OCCC[C@H]1C(C1CCCCC1)N2. The first-order valence-electron chi connectivity index (χ1n) is 10.6. The van der Waals surface area contributed by atoms with Crippen molar-refractivity contribution in [3.63, 3.8) is 0 Å². The molecular formula is C21H32N2O3S. The molecule has 0 bridgehead atoms. The maximum atomic E-state index is 12.6. The molecule has 1 unspecified atom stereocenters. The molecule has 1 aliphatic carbocycles. The van der Waals surface area contributed by atoms with Crippen molar-refractivity contribution in [1.82, 2.24) is 4.72 Å². The Morgan fingerprint density at radius 1 is 1.15 bits per heavy atom. The highest BCUT2D eigenvalue weighted by molar-refractivity contribution is 7.89. The molecular weight excluding hydrogens is 360 g/mol. The Morgan fingerprint density at radius 3 is 2.74 bits per heavy atom. The number of hydrogen-bond donors (Lipinski definition) is 2. The number of anilines is 1. The second-order valence-corrected chi connectivity index (χ2v) is 10.1. The van der Waals surface area contributed by atoms with Crippen molar-refractivity contribution in [2.24, 2.45) is 11.8 Å². The molecule has 2 fully saturated rings. The van der Waals surface area contributed by atoms with Gasteiger partial charge < -0.3 is 10.1 Å². The van der Waals surface area contributed by atoms with E-state index in [0.29, 0.717) is 29.3 Å². The van der Waals surface area contributed by atoms with E-state index in [4.69, 9.17) is 4.74 Å². The van der Waals surface area contributed by atoms with Crippen LogP contribution in [-0.2, 0) is 14.8 Å². The van der Waals surface area contributed by atoms with E-state index in [9.17, 15) is 8.42 Å². The number of sulfonamides is 1. The van der Waals surface area contributed by atoms with Crippen LogP contribution in [-0.4, -0.2) is 27.6 Å². The Balaban J connectivity index is 1.65. The molecule has 2 heterocycles. The molecule has 3 atom stereocenters. The van der Waals surface area contributed by atoms with Crippen molar-refractivity contribution < 1.29 is 13.2 Å². The van der Waals surface area contributed by atoms with Gasteiger partial charge in [-0.2, -0.15) is 0 Å². The first-order chi connectivity index (χ1) is 13.1. The molecule has 2 N–H and O–H groups in total. The van der Waals surface area contributed by atoms with Gasteiger partial charge in [0.2, 0.25) is 10.0 Å². The van der Waals surface area contributed by atoms with Crippen LogP contribution in [0.2, 0.25) is 0 Å². The van der Waals surface area contributed by atoms with E-state index in [0.717, 1.165) is 37.1 Å². The molecule has 5 nitrogen and oxygen atoms in total. The van der Waals surface area contributed by atoms with Crippen LogP contribution in [0.25, 0.3) is 0 Å². The van der Waals surface area contributed by atoms with Gasteiger partial charge in [0.1, 0.15) is 0 Å². The summed E-state index contributed by atoms with van der Waals surface area (Å²) in [5.41, 5.74) is 2.08. The Morgan fingerprint density at radius 2 is 1.96 bits per heavy atom. The minimum absolute atomic E-state index is 0.0169. The smallest absolute Gasteiger partial charge is 0.240 e. The van der Waals surface area contributed by atoms with Crippen LogP contribution in [0.4, 0.5) is 5.69 Å². The zero-order chi connectivity index (χ0) is 18.9. The largest absolute Gasteiger partial charge is 0.381 e. The lowest BCUT2D eigenvalue weighted by molar-refractivity contribution is -0.0459. The van der Waals surface area contributed by atoms with E-state index in [1.165, 1.54) is 32.1 Å². The van der Waals surface area contributed by atoms with Gasteiger partial charge in [0.15, 0.2) is 0 Å². The third-order valence-corrected chi connectivity index (χ3v) is 7.95. The summed E-state index contributed by atoms with van der Waals surface area (Å²) in [6, 6.07) is 5.95. The fraction of sp³-hybridized carbons (Fsp3) is 0.714. The van der Waals surface area contributed by atoms with Gasteiger partial charge in [-0.3, -0.25) is 0 Å². The summed E-state index contributed by atoms with van der Waals surface area (Å²) in [6.07, 6.45) is 9.65. The lowest BCUT2D eigenvalue weighted by Crippen LogP contribution is -2.46. The van der Waals surface area contributed by atoms with Gasteiger partial charge in [0.05, 0.1) is 11.0 Å². The topological polar surface area (TPSA) is 67.4 Å². The molecule has 27 heavy (non-hydrogen) atoms. The van der Waals surface area contributed by atoms with Crippen LogP contribution < -0.4 is 10.0 Å². The Kier molecular flexibility index (Phi) is 5.76. The molecule has 4 rings (SSSR count). The normalized spacial score (nSPS) is 28.9. The number of fused-ring (bicyclic) bond motifs is 3. The summed E-state index contributed by atoms with van der Waals surface area (Å²) in [5.74, 6) is 1.15. The highest BCUT2D eigenvalue weighted by atomic mass is 32.2. The van der Waals surface area contributed by atoms with Gasteiger partial charge in [0.25, 0.3) is 0 Å². The number of hydrogen-bond acceptors (Lipinski definition) is 4. The minimum Gasteiger partial charge on any atom is -0.381 e. The number of nitrogens with one attached hydrogen (secondary N) is 2. The maximum Gasteiger partial charge on any atom is 0.240 e. The molecule has 0 aromatic heterocycles. The van der Waals surface area contributed by atoms with Crippen molar-refractivity contribution in [3.05, 3.63) is 23.8 Å². The van der Waals surface area contributed by atoms with Gasteiger partial charge in [0, 0.05) is 36.4 Å². The van der Waals surface area contributed by atoms with E-state index in [1.54, 1.807) is 6.07 Å². The number of ether oxygens (including phenoxy) is 1. The molecule has 0 radical (unpaired) electrons. The average Bonchev–Trinajstić information content (AvgIpc) is 2.72. The van der Waals surface area contributed by atoms with Crippen LogP contribution in [0.3, 0.4) is 0 Å². The number of rotatable bonds is 5. The Bertz CT molecular complexity index is 759. The summed E-state index contributed by atoms with van der Waals surface area (Å²) in [6.45, 7) is 3.19. The van der Waals surface area contributed by atoms with Crippen molar-refractivity contribution in [1.29, 1.82) is 0 Å². The fourth-order valence-electron chi connectivity index (χ4n) is 5.13. The minimum atomic E-state index is -3.46. The van der Waals surface area contributed by atoms with Gasteiger partial charge in [-0.1, -0.05) is 26.2 Å². The van der Waals surface area contributed by atoms with E-state index in [-0.39, 0.29) is 6.10 Å². The standard InChI is InChI=1S/C21H32N2O3S/c1-2-12-22-27(24,25)16-10-11-19-18(14-16)21-17(9-6-13-26-21)20(23-19)15-7-4-3-5-8-15/h10-11,14-15,17,20-23H,2-9,12-13H2,1H3/t17-,20?,21-/m0/s1. The second-order valence-electron chi connectivity index (χ2n) is 8.31. The van der Waals surface area contributed by atoms with Crippen molar-refractivity contribution in [2.45, 2.75) is 75.3 Å². The third kappa shape index (κ3) is 3.89. The molecule has 0 spiro atoms. The average molecular weight is 393 g/mol. The summed E-state index contributed by atoms with van der Waals surface area (Å²) in [7, 11) is -3.46. The van der Waals surface area contributed by atoms with Crippen molar-refractivity contribution in [3.8, 4) is 0 Å². The molecule has 1 aromatic rings. The van der Waals surface area contributed by atoms with Gasteiger partial charge in [-0.05, 0) is 56.2 Å². The van der Waals surface area contributed by atoms with Crippen molar-refractivity contribution in [2.75, 3.05) is 18.5 Å². The zero-order valence-electron chi connectivity index (χ0n) is 16.2. The highest BCUT2D eigenvalue weighted by Crippen LogP contribution is 2.48. The Labute approximate surface area is 163 Å². The first-order valence-corrected chi connectivity index (χ1v) is 12.1. The molecule has 1 aromatic carbocycles. The Hall–Kier alpha value is -1.11. The van der Waals surface area contributed by atoms with Gasteiger partial charge in [-0.25, -0.2) is 13.1 Å². The van der Waals surface area contributed by atoms with Crippen LogP contribution in [0.5, 0.6) is 0 Å². The zero-order valence-corrected chi connectivity index (χ0v) is 17.1. The molecule has 1 saturated heterocycles. The first kappa shape index (κ1) is 19.2. The van der Waals surface area contributed by atoms with Crippen LogP contribution in [0.15, 0.2) is 23.1 Å². The molecule has 2 aliphatic heterocycles. The number of benzene rings is 1. The quantitative estimate of drug-likeness (QED) is 0.787. The summed E-state index contributed by atoms with van der Waals surface area (Å²) in [4.78, 5) is 0.348. The lowest BCUT2D eigenvalue weighted by Gasteiger charge is -2.47. The molecule has 3 aliphatic rings. The molecule has 1 saturated carbocycles. The van der Waals surface area contributed by atoms with E-state index >= 15 is 0 Å². The van der Waals surface area contributed by atoms with Crippen LogP contribution in [0.1, 0.15) is 70.0 Å². The van der Waals surface area contributed by atoms with E-state index in [1.807, 2.05) is 19.1 Å².